The van der Waals surface area contributed by atoms with E-state index in [1.807, 2.05) is 59.4 Å². The summed E-state index contributed by atoms with van der Waals surface area (Å²) in [6, 6.07) is 10.1. The van der Waals surface area contributed by atoms with Crippen LogP contribution >= 0.6 is 12.4 Å². The van der Waals surface area contributed by atoms with Crippen LogP contribution in [0.4, 0.5) is 0 Å². The minimum atomic E-state index is -0.178. The number of halogens is 1. The molecule has 0 bridgehead atoms. The molecule has 2 atom stereocenters. The SMILES string of the molecule is CN(Cc1cnn(-c2ccccc2)c1)C(=O)[C@@]12CCCC[C@H]1CNC2.Cl. The second kappa shape index (κ2) is 7.80. The van der Waals surface area contributed by atoms with Gasteiger partial charge in [0.1, 0.15) is 0 Å². The fourth-order valence-electron chi connectivity index (χ4n) is 4.56. The second-order valence-electron chi connectivity index (χ2n) is 7.52. The number of benzene rings is 1. The molecule has 1 aromatic heterocycles. The first-order valence-electron chi connectivity index (χ1n) is 9.24. The molecule has 0 unspecified atom stereocenters. The summed E-state index contributed by atoms with van der Waals surface area (Å²) >= 11 is 0. The third kappa shape index (κ3) is 3.38. The van der Waals surface area contributed by atoms with Crippen molar-refractivity contribution in [2.45, 2.75) is 32.2 Å². The summed E-state index contributed by atoms with van der Waals surface area (Å²) < 4.78 is 1.87. The van der Waals surface area contributed by atoms with Crippen molar-refractivity contribution in [3.05, 3.63) is 48.3 Å². The molecule has 1 aliphatic carbocycles. The number of carbonyl (C=O) groups is 1. The molecule has 2 heterocycles. The van der Waals surface area contributed by atoms with Gasteiger partial charge < -0.3 is 10.2 Å². The lowest BCUT2D eigenvalue weighted by molar-refractivity contribution is -0.144. The van der Waals surface area contributed by atoms with Crippen LogP contribution < -0.4 is 5.32 Å². The number of nitrogens with one attached hydrogen (secondary N) is 1. The Balaban J connectivity index is 0.00000196. The third-order valence-corrected chi connectivity index (χ3v) is 5.89. The third-order valence-electron chi connectivity index (χ3n) is 5.89. The minimum Gasteiger partial charge on any atom is -0.341 e. The first-order chi connectivity index (χ1) is 12.2. The van der Waals surface area contributed by atoms with Crippen LogP contribution in [0, 0.1) is 11.3 Å². The Hall–Kier alpha value is -1.85. The summed E-state index contributed by atoms with van der Waals surface area (Å²) in [6.45, 7) is 2.44. The van der Waals surface area contributed by atoms with Crippen molar-refractivity contribution in [3.8, 4) is 5.69 Å². The van der Waals surface area contributed by atoms with Gasteiger partial charge >= 0.3 is 0 Å². The van der Waals surface area contributed by atoms with Gasteiger partial charge in [-0.3, -0.25) is 4.79 Å². The Morgan fingerprint density at radius 1 is 1.35 bits per heavy atom. The molecular weight excluding hydrogens is 348 g/mol. The fourth-order valence-corrected chi connectivity index (χ4v) is 4.56. The lowest BCUT2D eigenvalue weighted by Crippen LogP contribution is -2.48. The molecule has 26 heavy (non-hydrogen) atoms. The van der Waals surface area contributed by atoms with Crippen LogP contribution in [-0.2, 0) is 11.3 Å². The zero-order valence-electron chi connectivity index (χ0n) is 15.2. The molecule has 2 aliphatic rings. The van der Waals surface area contributed by atoms with Gasteiger partial charge in [0.15, 0.2) is 0 Å². The number of aromatic nitrogens is 2. The largest absolute Gasteiger partial charge is 0.341 e. The van der Waals surface area contributed by atoms with E-state index in [4.69, 9.17) is 0 Å². The van der Waals surface area contributed by atoms with Crippen molar-refractivity contribution in [1.29, 1.82) is 0 Å². The van der Waals surface area contributed by atoms with Gasteiger partial charge in [-0.05, 0) is 37.4 Å². The molecule has 2 fully saturated rings. The van der Waals surface area contributed by atoms with Gasteiger partial charge in [0.25, 0.3) is 0 Å². The van der Waals surface area contributed by atoms with Crippen LogP contribution in [0.1, 0.15) is 31.2 Å². The number of para-hydroxylation sites is 1. The molecule has 4 rings (SSSR count). The number of hydrogen-bond donors (Lipinski definition) is 1. The van der Waals surface area contributed by atoms with E-state index in [0.29, 0.717) is 18.4 Å². The smallest absolute Gasteiger partial charge is 0.230 e. The molecule has 2 aromatic rings. The first-order valence-corrected chi connectivity index (χ1v) is 9.24. The van der Waals surface area contributed by atoms with E-state index >= 15 is 0 Å². The molecule has 1 saturated carbocycles. The molecule has 0 spiro atoms. The molecule has 5 nitrogen and oxygen atoms in total. The van der Waals surface area contributed by atoms with Crippen molar-refractivity contribution >= 4 is 18.3 Å². The average molecular weight is 375 g/mol. The van der Waals surface area contributed by atoms with E-state index in [1.54, 1.807) is 0 Å². The topological polar surface area (TPSA) is 50.2 Å². The Morgan fingerprint density at radius 2 is 2.15 bits per heavy atom. The van der Waals surface area contributed by atoms with Crippen molar-refractivity contribution in [2.75, 3.05) is 20.1 Å². The summed E-state index contributed by atoms with van der Waals surface area (Å²) in [5.74, 6) is 0.804. The lowest BCUT2D eigenvalue weighted by atomic mass is 9.67. The van der Waals surface area contributed by atoms with Crippen molar-refractivity contribution in [1.82, 2.24) is 20.0 Å². The molecule has 0 radical (unpaired) electrons. The Morgan fingerprint density at radius 3 is 2.96 bits per heavy atom. The van der Waals surface area contributed by atoms with Gasteiger partial charge in [0.2, 0.25) is 5.91 Å². The lowest BCUT2D eigenvalue weighted by Gasteiger charge is -2.39. The maximum Gasteiger partial charge on any atom is 0.230 e. The maximum absolute atomic E-state index is 13.2. The zero-order chi connectivity index (χ0) is 17.3. The van der Waals surface area contributed by atoms with Gasteiger partial charge in [0, 0.05) is 31.9 Å². The minimum absolute atomic E-state index is 0. The summed E-state index contributed by atoms with van der Waals surface area (Å²) in [7, 11) is 1.93. The Kier molecular flexibility index (Phi) is 5.68. The summed E-state index contributed by atoms with van der Waals surface area (Å²) in [6.07, 6.45) is 8.51. The number of amides is 1. The molecule has 1 amide bonds. The van der Waals surface area contributed by atoms with E-state index in [0.717, 1.165) is 30.8 Å². The predicted molar refractivity (Wildman–Crippen MR) is 105 cm³/mol. The van der Waals surface area contributed by atoms with E-state index < -0.39 is 0 Å². The van der Waals surface area contributed by atoms with Crippen LogP contribution in [0.15, 0.2) is 42.7 Å². The van der Waals surface area contributed by atoms with Gasteiger partial charge in [0.05, 0.1) is 17.3 Å². The predicted octanol–water partition coefficient (Wildman–Crippen LogP) is 3.03. The standard InChI is InChI=1S/C20H26N4O.ClH/c1-23(19(25)20-10-6-5-7-17(20)12-21-15-20)13-16-11-22-24(14-16)18-8-3-2-4-9-18;/h2-4,8-9,11,14,17,21H,5-7,10,12-13,15H2,1H3;1H/t17-,20+;/m0./s1. The maximum atomic E-state index is 13.2. The van der Waals surface area contributed by atoms with E-state index in [2.05, 4.69) is 10.4 Å². The highest BCUT2D eigenvalue weighted by atomic mass is 35.5. The van der Waals surface area contributed by atoms with Crippen LogP contribution in [0.2, 0.25) is 0 Å². The molecular formula is C20H27ClN4O. The van der Waals surface area contributed by atoms with Gasteiger partial charge in [-0.25, -0.2) is 4.68 Å². The number of carbonyl (C=O) groups excluding carboxylic acids is 1. The normalized spacial score (nSPS) is 24.6. The molecule has 1 aliphatic heterocycles. The number of hydrogen-bond acceptors (Lipinski definition) is 3. The fraction of sp³-hybridized carbons (Fsp3) is 0.500. The Labute approximate surface area is 161 Å². The summed E-state index contributed by atoms with van der Waals surface area (Å²) in [5, 5.41) is 7.91. The number of rotatable bonds is 4. The van der Waals surface area contributed by atoms with Crippen LogP contribution in [0.5, 0.6) is 0 Å². The highest BCUT2D eigenvalue weighted by Crippen LogP contribution is 2.45. The molecule has 6 heteroatoms. The van der Waals surface area contributed by atoms with E-state index in [-0.39, 0.29) is 17.8 Å². The van der Waals surface area contributed by atoms with E-state index in [9.17, 15) is 4.79 Å². The van der Waals surface area contributed by atoms with Crippen molar-refractivity contribution in [3.63, 3.8) is 0 Å². The van der Waals surface area contributed by atoms with Crippen LogP contribution in [0.3, 0.4) is 0 Å². The molecule has 1 N–H and O–H groups in total. The molecule has 140 valence electrons. The zero-order valence-corrected chi connectivity index (χ0v) is 16.0. The van der Waals surface area contributed by atoms with Crippen molar-refractivity contribution in [2.24, 2.45) is 11.3 Å². The summed E-state index contributed by atoms with van der Waals surface area (Å²) in [4.78, 5) is 15.1. The van der Waals surface area contributed by atoms with Gasteiger partial charge in [-0.2, -0.15) is 5.10 Å². The second-order valence-corrected chi connectivity index (χ2v) is 7.52. The quantitative estimate of drug-likeness (QED) is 0.894. The average Bonchev–Trinajstić information content (AvgIpc) is 3.29. The van der Waals surface area contributed by atoms with Crippen LogP contribution in [0.25, 0.3) is 5.69 Å². The highest BCUT2D eigenvalue weighted by molar-refractivity contribution is 5.85. The molecule has 1 aromatic carbocycles. The van der Waals surface area contributed by atoms with Gasteiger partial charge in [-0.1, -0.05) is 31.0 Å². The number of fused-ring (bicyclic) bond motifs is 1. The van der Waals surface area contributed by atoms with Crippen molar-refractivity contribution < 1.29 is 4.79 Å². The summed E-state index contributed by atoms with van der Waals surface area (Å²) in [5.41, 5.74) is 1.92. The van der Waals surface area contributed by atoms with E-state index in [1.165, 1.54) is 19.3 Å². The highest BCUT2D eigenvalue weighted by Gasteiger charge is 2.50. The number of nitrogens with zero attached hydrogens (tertiary/aromatic N) is 3. The first kappa shape index (κ1) is 18.9. The van der Waals surface area contributed by atoms with Gasteiger partial charge in [-0.15, -0.1) is 12.4 Å². The molecule has 1 saturated heterocycles. The van der Waals surface area contributed by atoms with Crippen LogP contribution in [-0.4, -0.2) is 40.7 Å². The Bertz CT molecular complexity index is 747. The monoisotopic (exact) mass is 374 g/mol.